The van der Waals surface area contributed by atoms with E-state index in [0.29, 0.717) is 18.5 Å². The Balaban J connectivity index is 1.43. The second-order valence-electron chi connectivity index (χ2n) is 8.00. The molecule has 160 valence electrons. The fourth-order valence-corrected chi connectivity index (χ4v) is 3.86. The van der Waals surface area contributed by atoms with Gasteiger partial charge in [0.15, 0.2) is 0 Å². The SMILES string of the molecule is C[C@@H](NC(=O)[C@@H]1C[C@@H]1c1cccc(C(F)(F)F)c1)C(=O)NCCN1CCCCC1. The molecule has 0 spiro atoms. The molecule has 1 aromatic carbocycles. The third-order valence-electron chi connectivity index (χ3n) is 5.70. The molecule has 0 unspecified atom stereocenters. The molecule has 0 aromatic heterocycles. The molecule has 2 aliphatic rings. The minimum absolute atomic E-state index is 0.230. The van der Waals surface area contributed by atoms with E-state index in [1.807, 2.05) is 0 Å². The molecular formula is C21H28F3N3O2. The Bertz CT molecular complexity index is 732. The fraction of sp³-hybridized carbons (Fsp3) is 0.619. The van der Waals surface area contributed by atoms with E-state index < -0.39 is 17.8 Å². The fourth-order valence-electron chi connectivity index (χ4n) is 3.86. The quantitative estimate of drug-likeness (QED) is 0.725. The number of amides is 2. The maximum absolute atomic E-state index is 12.9. The van der Waals surface area contributed by atoms with Crippen LogP contribution in [0.2, 0.25) is 0 Å². The number of carbonyl (C=O) groups is 2. The summed E-state index contributed by atoms with van der Waals surface area (Å²) in [5.74, 6) is -1.15. The number of rotatable bonds is 7. The molecule has 2 N–H and O–H groups in total. The first kappa shape index (κ1) is 21.6. The second-order valence-corrected chi connectivity index (χ2v) is 8.00. The largest absolute Gasteiger partial charge is 0.416 e. The van der Waals surface area contributed by atoms with Crippen molar-refractivity contribution in [1.82, 2.24) is 15.5 Å². The zero-order valence-corrected chi connectivity index (χ0v) is 16.6. The molecule has 8 heteroatoms. The van der Waals surface area contributed by atoms with Gasteiger partial charge >= 0.3 is 6.18 Å². The average Bonchev–Trinajstić information content (AvgIpc) is 3.49. The lowest BCUT2D eigenvalue weighted by molar-refractivity contribution is -0.137. The second kappa shape index (κ2) is 9.15. The molecule has 1 aromatic rings. The topological polar surface area (TPSA) is 61.4 Å². The van der Waals surface area contributed by atoms with Crippen LogP contribution >= 0.6 is 0 Å². The number of hydrogen-bond donors (Lipinski definition) is 2. The molecule has 3 rings (SSSR count). The Morgan fingerprint density at radius 2 is 1.93 bits per heavy atom. The molecule has 1 heterocycles. The number of benzene rings is 1. The minimum Gasteiger partial charge on any atom is -0.353 e. The minimum atomic E-state index is -4.40. The van der Waals surface area contributed by atoms with Crippen LogP contribution in [0.5, 0.6) is 0 Å². The van der Waals surface area contributed by atoms with Gasteiger partial charge in [-0.3, -0.25) is 9.59 Å². The number of nitrogens with zero attached hydrogens (tertiary/aromatic N) is 1. The summed E-state index contributed by atoms with van der Waals surface area (Å²) in [7, 11) is 0. The summed E-state index contributed by atoms with van der Waals surface area (Å²) in [5, 5.41) is 5.53. The maximum atomic E-state index is 12.9. The lowest BCUT2D eigenvalue weighted by Crippen LogP contribution is -2.47. The van der Waals surface area contributed by atoms with Crippen LogP contribution in [0.15, 0.2) is 24.3 Å². The molecule has 29 heavy (non-hydrogen) atoms. The van der Waals surface area contributed by atoms with Gasteiger partial charge in [0.05, 0.1) is 5.56 Å². The lowest BCUT2D eigenvalue weighted by atomic mass is 10.1. The normalized spacial score (nSPS) is 23.3. The molecule has 0 bridgehead atoms. The van der Waals surface area contributed by atoms with Gasteiger partial charge in [-0.15, -0.1) is 0 Å². The van der Waals surface area contributed by atoms with Crippen molar-refractivity contribution in [2.24, 2.45) is 5.92 Å². The highest BCUT2D eigenvalue weighted by Gasteiger charge is 2.45. The smallest absolute Gasteiger partial charge is 0.353 e. The van der Waals surface area contributed by atoms with E-state index in [-0.39, 0.29) is 23.7 Å². The first-order valence-electron chi connectivity index (χ1n) is 10.2. The molecular weight excluding hydrogens is 383 g/mol. The number of carbonyl (C=O) groups excluding carboxylic acids is 2. The Morgan fingerprint density at radius 1 is 1.21 bits per heavy atom. The van der Waals surface area contributed by atoms with Crippen molar-refractivity contribution in [3.63, 3.8) is 0 Å². The highest BCUT2D eigenvalue weighted by atomic mass is 19.4. The van der Waals surface area contributed by atoms with E-state index in [2.05, 4.69) is 15.5 Å². The van der Waals surface area contributed by atoms with Gasteiger partial charge in [-0.2, -0.15) is 13.2 Å². The number of piperidine rings is 1. The van der Waals surface area contributed by atoms with Crippen LogP contribution in [0.1, 0.15) is 49.7 Å². The van der Waals surface area contributed by atoms with E-state index in [1.54, 1.807) is 13.0 Å². The van der Waals surface area contributed by atoms with Crippen molar-refractivity contribution in [3.8, 4) is 0 Å². The van der Waals surface area contributed by atoms with E-state index in [0.717, 1.165) is 31.8 Å². The van der Waals surface area contributed by atoms with Gasteiger partial charge in [0.25, 0.3) is 0 Å². The molecule has 1 aliphatic heterocycles. The van der Waals surface area contributed by atoms with Crippen molar-refractivity contribution in [2.75, 3.05) is 26.2 Å². The Labute approximate surface area is 169 Å². The Morgan fingerprint density at radius 3 is 2.62 bits per heavy atom. The van der Waals surface area contributed by atoms with Gasteiger partial charge in [0, 0.05) is 19.0 Å². The Kier molecular flexibility index (Phi) is 6.82. The first-order chi connectivity index (χ1) is 13.8. The Hall–Kier alpha value is -2.09. The highest BCUT2D eigenvalue weighted by molar-refractivity contribution is 5.89. The first-order valence-corrected chi connectivity index (χ1v) is 10.2. The zero-order chi connectivity index (χ0) is 21.0. The van der Waals surface area contributed by atoms with E-state index in [1.165, 1.54) is 25.3 Å². The standard InChI is InChI=1S/C21H28F3N3O2/c1-14(19(28)25-8-11-27-9-3-2-4-10-27)26-20(29)18-13-17(18)15-6-5-7-16(12-15)21(22,23)24/h5-7,12,14,17-18H,2-4,8-11,13H2,1H3,(H,25,28)(H,26,29)/t14-,17-,18-/m1/s1. The molecule has 1 saturated heterocycles. The number of nitrogens with one attached hydrogen (secondary N) is 2. The van der Waals surface area contributed by atoms with Gasteiger partial charge in [0.2, 0.25) is 11.8 Å². The molecule has 5 nitrogen and oxygen atoms in total. The van der Waals surface area contributed by atoms with Crippen LogP contribution in [0, 0.1) is 5.92 Å². The lowest BCUT2D eigenvalue weighted by Gasteiger charge is -2.26. The van der Waals surface area contributed by atoms with Crippen molar-refractivity contribution in [1.29, 1.82) is 0 Å². The molecule has 1 saturated carbocycles. The van der Waals surface area contributed by atoms with Crippen LogP contribution in [0.4, 0.5) is 13.2 Å². The summed E-state index contributed by atoms with van der Waals surface area (Å²) in [5.41, 5.74) is -0.193. The summed E-state index contributed by atoms with van der Waals surface area (Å²) >= 11 is 0. The maximum Gasteiger partial charge on any atom is 0.416 e. The average molecular weight is 411 g/mol. The summed E-state index contributed by atoms with van der Waals surface area (Å²) in [6, 6.07) is 4.44. The monoisotopic (exact) mass is 411 g/mol. The van der Waals surface area contributed by atoms with Crippen molar-refractivity contribution in [2.45, 2.75) is 50.7 Å². The molecule has 2 fully saturated rings. The van der Waals surface area contributed by atoms with Crippen LogP contribution < -0.4 is 10.6 Å². The van der Waals surface area contributed by atoms with E-state index in [9.17, 15) is 22.8 Å². The predicted octanol–water partition coefficient (Wildman–Crippen LogP) is 2.92. The van der Waals surface area contributed by atoms with Crippen molar-refractivity contribution < 1.29 is 22.8 Å². The van der Waals surface area contributed by atoms with E-state index >= 15 is 0 Å². The van der Waals surface area contributed by atoms with Gasteiger partial charge < -0.3 is 15.5 Å². The van der Waals surface area contributed by atoms with Crippen molar-refractivity contribution >= 4 is 11.8 Å². The predicted molar refractivity (Wildman–Crippen MR) is 103 cm³/mol. The van der Waals surface area contributed by atoms with Gasteiger partial charge in [0.1, 0.15) is 6.04 Å². The summed E-state index contributed by atoms with van der Waals surface area (Å²) in [4.78, 5) is 26.9. The molecule has 1 aliphatic carbocycles. The van der Waals surface area contributed by atoms with Crippen LogP contribution in [-0.2, 0) is 15.8 Å². The number of alkyl halides is 3. The van der Waals surface area contributed by atoms with Crippen LogP contribution in [-0.4, -0.2) is 48.9 Å². The van der Waals surface area contributed by atoms with Gasteiger partial charge in [-0.1, -0.05) is 24.6 Å². The third-order valence-corrected chi connectivity index (χ3v) is 5.70. The zero-order valence-electron chi connectivity index (χ0n) is 16.6. The molecule has 3 atom stereocenters. The molecule has 2 amide bonds. The van der Waals surface area contributed by atoms with Gasteiger partial charge in [-0.25, -0.2) is 0 Å². The third kappa shape index (κ3) is 5.95. The summed E-state index contributed by atoms with van der Waals surface area (Å²) in [6.45, 7) is 5.07. The van der Waals surface area contributed by atoms with Crippen LogP contribution in [0.25, 0.3) is 0 Å². The van der Waals surface area contributed by atoms with Crippen molar-refractivity contribution in [3.05, 3.63) is 35.4 Å². The van der Waals surface area contributed by atoms with Gasteiger partial charge in [-0.05, 0) is 56.8 Å². The van der Waals surface area contributed by atoms with E-state index in [4.69, 9.17) is 0 Å². The number of likely N-dealkylation sites (tertiary alicyclic amines) is 1. The summed E-state index contributed by atoms with van der Waals surface area (Å²) in [6.07, 6.45) is -0.266. The summed E-state index contributed by atoms with van der Waals surface area (Å²) < 4.78 is 38.6. The number of halogens is 3. The molecule has 0 radical (unpaired) electrons. The highest BCUT2D eigenvalue weighted by Crippen LogP contribution is 2.48. The number of hydrogen-bond acceptors (Lipinski definition) is 3. The van der Waals surface area contributed by atoms with Crippen LogP contribution in [0.3, 0.4) is 0 Å².